The number of aromatic nitrogens is 2. The van der Waals surface area contributed by atoms with Gasteiger partial charge in [0.1, 0.15) is 5.69 Å². The minimum absolute atomic E-state index is 0.00389. The SMILES string of the molecule is CCCCCN1C(=O)c2[nH]nc(-c3ccc(C)cc3)c2C1c1ccc(OCCCC)c(OC)c1. The van der Waals surface area contributed by atoms with E-state index in [-0.39, 0.29) is 11.9 Å². The average molecular weight is 462 g/mol. The number of ether oxygens (including phenoxy) is 2. The van der Waals surface area contributed by atoms with E-state index in [1.165, 1.54) is 5.56 Å². The molecule has 1 amide bonds. The second-order valence-electron chi connectivity index (χ2n) is 8.95. The number of nitrogens with zero attached hydrogens (tertiary/aromatic N) is 2. The van der Waals surface area contributed by atoms with Crippen LogP contribution in [0.15, 0.2) is 42.5 Å². The molecule has 34 heavy (non-hydrogen) atoms. The van der Waals surface area contributed by atoms with Gasteiger partial charge in [0.25, 0.3) is 5.91 Å². The Kier molecular flexibility index (Phi) is 7.56. The Hall–Kier alpha value is -3.28. The molecule has 1 aromatic heterocycles. The summed E-state index contributed by atoms with van der Waals surface area (Å²) in [5, 5.41) is 7.62. The van der Waals surface area contributed by atoms with Crippen molar-refractivity contribution in [3.63, 3.8) is 0 Å². The van der Waals surface area contributed by atoms with Gasteiger partial charge in [-0.25, -0.2) is 0 Å². The van der Waals surface area contributed by atoms with Crippen molar-refractivity contribution in [2.24, 2.45) is 0 Å². The number of hydrogen-bond donors (Lipinski definition) is 1. The number of carbonyl (C=O) groups is 1. The third-order valence-corrected chi connectivity index (χ3v) is 6.45. The normalized spacial score (nSPS) is 15.0. The third-order valence-electron chi connectivity index (χ3n) is 6.45. The van der Waals surface area contributed by atoms with E-state index in [9.17, 15) is 4.79 Å². The molecule has 0 bridgehead atoms. The maximum absolute atomic E-state index is 13.5. The van der Waals surface area contributed by atoms with Crippen molar-refractivity contribution in [3.05, 3.63) is 64.8 Å². The van der Waals surface area contributed by atoms with Gasteiger partial charge in [-0.3, -0.25) is 9.89 Å². The average Bonchev–Trinajstić information content (AvgIpc) is 3.39. The maximum Gasteiger partial charge on any atom is 0.273 e. The highest BCUT2D eigenvalue weighted by atomic mass is 16.5. The predicted octanol–water partition coefficient (Wildman–Crippen LogP) is 6.31. The van der Waals surface area contributed by atoms with Crippen LogP contribution < -0.4 is 9.47 Å². The van der Waals surface area contributed by atoms with Crippen molar-refractivity contribution in [2.75, 3.05) is 20.3 Å². The van der Waals surface area contributed by atoms with E-state index in [4.69, 9.17) is 9.47 Å². The van der Waals surface area contributed by atoms with E-state index in [0.29, 0.717) is 24.6 Å². The fourth-order valence-electron chi connectivity index (χ4n) is 4.54. The number of nitrogens with one attached hydrogen (secondary N) is 1. The molecule has 1 atom stereocenters. The lowest BCUT2D eigenvalue weighted by molar-refractivity contribution is 0.0740. The van der Waals surface area contributed by atoms with E-state index in [1.54, 1.807) is 7.11 Å². The number of fused-ring (bicyclic) bond motifs is 1. The molecule has 0 saturated heterocycles. The molecular weight excluding hydrogens is 426 g/mol. The smallest absolute Gasteiger partial charge is 0.273 e. The third kappa shape index (κ3) is 4.67. The number of aromatic amines is 1. The molecule has 1 aliphatic rings. The van der Waals surface area contributed by atoms with Crippen LogP contribution in [0.2, 0.25) is 0 Å². The van der Waals surface area contributed by atoms with Gasteiger partial charge in [-0.2, -0.15) is 5.10 Å². The van der Waals surface area contributed by atoms with Gasteiger partial charge in [0, 0.05) is 17.7 Å². The number of rotatable bonds is 11. The minimum Gasteiger partial charge on any atom is -0.493 e. The van der Waals surface area contributed by atoms with Crippen molar-refractivity contribution in [2.45, 2.75) is 58.9 Å². The zero-order valence-corrected chi connectivity index (χ0v) is 20.7. The van der Waals surface area contributed by atoms with E-state index < -0.39 is 0 Å². The lowest BCUT2D eigenvalue weighted by atomic mass is 9.95. The fourth-order valence-corrected chi connectivity index (χ4v) is 4.54. The van der Waals surface area contributed by atoms with Crippen molar-refractivity contribution in [1.29, 1.82) is 0 Å². The van der Waals surface area contributed by atoms with E-state index in [0.717, 1.165) is 60.2 Å². The Morgan fingerprint density at radius 1 is 1.00 bits per heavy atom. The number of benzene rings is 2. The first-order chi connectivity index (χ1) is 16.6. The molecule has 1 N–H and O–H groups in total. The molecule has 4 rings (SSSR count). The van der Waals surface area contributed by atoms with Crippen LogP contribution in [0, 0.1) is 6.92 Å². The van der Waals surface area contributed by atoms with Crippen molar-refractivity contribution >= 4 is 5.91 Å². The molecular formula is C28H35N3O3. The standard InChI is InChI=1S/C28H35N3O3/c1-5-7-9-16-31-27(21-14-15-22(23(18-21)33-4)34-17-8-6-2)24-25(29-30-26(24)28(31)32)20-12-10-19(3)11-13-20/h10-15,18,27H,5-9,16-17H2,1-4H3,(H,29,30). The summed E-state index contributed by atoms with van der Waals surface area (Å²) in [7, 11) is 1.66. The first-order valence-corrected chi connectivity index (χ1v) is 12.4. The van der Waals surface area contributed by atoms with Gasteiger partial charge in [0.15, 0.2) is 11.5 Å². The molecule has 0 fully saturated rings. The molecule has 0 radical (unpaired) electrons. The minimum atomic E-state index is -0.229. The number of H-pyrrole nitrogens is 1. The molecule has 1 unspecified atom stereocenters. The molecule has 2 heterocycles. The molecule has 180 valence electrons. The number of carbonyl (C=O) groups excluding carboxylic acids is 1. The number of amides is 1. The second kappa shape index (κ2) is 10.8. The van der Waals surface area contributed by atoms with Crippen LogP contribution in [0.3, 0.4) is 0 Å². The van der Waals surface area contributed by atoms with Crippen molar-refractivity contribution in [3.8, 4) is 22.8 Å². The largest absolute Gasteiger partial charge is 0.493 e. The monoisotopic (exact) mass is 461 g/mol. The first-order valence-electron chi connectivity index (χ1n) is 12.4. The highest BCUT2D eigenvalue weighted by Gasteiger charge is 2.42. The summed E-state index contributed by atoms with van der Waals surface area (Å²) in [4.78, 5) is 15.4. The van der Waals surface area contributed by atoms with Crippen LogP contribution in [-0.2, 0) is 0 Å². The van der Waals surface area contributed by atoms with E-state index in [2.05, 4.69) is 61.3 Å². The molecule has 1 aliphatic heterocycles. The van der Waals surface area contributed by atoms with Gasteiger partial charge in [-0.05, 0) is 37.5 Å². The van der Waals surface area contributed by atoms with Crippen LogP contribution in [-0.4, -0.2) is 41.3 Å². The molecule has 6 heteroatoms. The lowest BCUT2D eigenvalue weighted by Crippen LogP contribution is -2.30. The fraction of sp³-hybridized carbons (Fsp3) is 0.429. The summed E-state index contributed by atoms with van der Waals surface area (Å²) in [5.41, 5.74) is 5.54. The number of hydrogen-bond acceptors (Lipinski definition) is 4. The number of unbranched alkanes of at least 4 members (excludes halogenated alkanes) is 3. The van der Waals surface area contributed by atoms with Gasteiger partial charge < -0.3 is 14.4 Å². The van der Waals surface area contributed by atoms with E-state index in [1.807, 2.05) is 17.0 Å². The number of methoxy groups -OCH3 is 1. The summed E-state index contributed by atoms with van der Waals surface area (Å²) < 4.78 is 11.6. The lowest BCUT2D eigenvalue weighted by Gasteiger charge is -2.27. The van der Waals surface area contributed by atoms with Crippen LogP contribution in [0.5, 0.6) is 11.5 Å². The van der Waals surface area contributed by atoms with Gasteiger partial charge >= 0.3 is 0 Å². The molecule has 0 aliphatic carbocycles. The zero-order chi connectivity index (χ0) is 24.1. The Balaban J connectivity index is 1.76. The van der Waals surface area contributed by atoms with Crippen LogP contribution in [0.4, 0.5) is 0 Å². The quantitative estimate of drug-likeness (QED) is 0.340. The molecule has 3 aromatic rings. The van der Waals surface area contributed by atoms with E-state index >= 15 is 0 Å². The topological polar surface area (TPSA) is 67.5 Å². The van der Waals surface area contributed by atoms with Crippen LogP contribution in [0.25, 0.3) is 11.3 Å². The van der Waals surface area contributed by atoms with Crippen LogP contribution >= 0.6 is 0 Å². The van der Waals surface area contributed by atoms with Crippen LogP contribution in [0.1, 0.15) is 79.2 Å². The summed E-state index contributed by atoms with van der Waals surface area (Å²) >= 11 is 0. The zero-order valence-electron chi connectivity index (χ0n) is 20.7. The summed E-state index contributed by atoms with van der Waals surface area (Å²) in [6.07, 6.45) is 5.21. The summed E-state index contributed by atoms with van der Waals surface area (Å²) in [6, 6.07) is 14.1. The van der Waals surface area contributed by atoms with Crippen molar-refractivity contribution < 1.29 is 14.3 Å². The highest BCUT2D eigenvalue weighted by molar-refractivity contribution is 6.00. The van der Waals surface area contributed by atoms with Gasteiger partial charge in [-0.1, -0.05) is 69.0 Å². The predicted molar refractivity (Wildman–Crippen MR) is 135 cm³/mol. The Bertz CT molecular complexity index is 1120. The summed E-state index contributed by atoms with van der Waals surface area (Å²) in [5.74, 6) is 1.42. The van der Waals surface area contributed by atoms with Gasteiger partial charge in [-0.15, -0.1) is 0 Å². The molecule has 0 saturated carbocycles. The molecule has 0 spiro atoms. The molecule has 6 nitrogen and oxygen atoms in total. The molecule has 2 aromatic carbocycles. The van der Waals surface area contributed by atoms with Gasteiger partial charge in [0.2, 0.25) is 0 Å². The Morgan fingerprint density at radius 3 is 2.47 bits per heavy atom. The summed E-state index contributed by atoms with van der Waals surface area (Å²) in [6.45, 7) is 7.73. The Labute approximate surface area is 202 Å². The first kappa shape index (κ1) is 23.9. The number of aryl methyl sites for hydroxylation is 1. The second-order valence-corrected chi connectivity index (χ2v) is 8.95. The van der Waals surface area contributed by atoms with Crippen molar-refractivity contribution in [1.82, 2.24) is 15.1 Å². The Morgan fingerprint density at radius 2 is 1.76 bits per heavy atom. The maximum atomic E-state index is 13.5. The van der Waals surface area contributed by atoms with Gasteiger partial charge in [0.05, 0.1) is 25.5 Å². The highest BCUT2D eigenvalue weighted by Crippen LogP contribution is 2.44.